The Balaban J connectivity index is -0.0000000910. The third kappa shape index (κ3) is 18700. The van der Waals surface area contributed by atoms with Crippen molar-refractivity contribution in [2.45, 2.75) is 6.92 Å². The van der Waals surface area contributed by atoms with E-state index in [9.17, 15) is 0 Å². The van der Waals surface area contributed by atoms with Crippen LogP contribution in [-0.4, -0.2) is 23.5 Å². The maximum absolute atomic E-state index is 8.89. The molecule has 0 aliphatic carbocycles. The monoisotopic (exact) mass is 211 g/mol. The molecule has 0 saturated heterocycles. The Hall–Kier alpha value is -0.141. The van der Waals surface area contributed by atoms with Gasteiger partial charge in [-0.1, -0.05) is 0 Å². The van der Waals surface area contributed by atoms with Gasteiger partial charge < -0.3 is 19.0 Å². The van der Waals surface area contributed by atoms with Crippen molar-refractivity contribution in [3.63, 3.8) is 0 Å². The van der Waals surface area contributed by atoms with E-state index in [1.54, 1.807) is 0 Å². The zero-order valence-electron chi connectivity index (χ0n) is 4.71. The summed E-state index contributed by atoms with van der Waals surface area (Å²) in [5.41, 5.74) is 0. The van der Waals surface area contributed by atoms with Crippen molar-refractivity contribution in [1.82, 2.24) is 0 Å². The largest absolute Gasteiger partial charge is 3.00 e. The van der Waals surface area contributed by atoms with E-state index in [0.29, 0.717) is 0 Å². The number of carbonyl (C=O) groups excluding carboxylic acids is 1. The van der Waals surface area contributed by atoms with E-state index in [0.717, 1.165) is 6.92 Å². The van der Waals surface area contributed by atoms with Crippen LogP contribution in [0.15, 0.2) is 0 Å². The molecule has 0 aliphatic rings. The van der Waals surface area contributed by atoms with Crippen LogP contribution in [-0.2, 0) is 32.3 Å². The first-order chi connectivity index (χ1) is 3.73. The van der Waals surface area contributed by atoms with Crippen LogP contribution in [0.1, 0.15) is 6.92 Å². The molecule has 0 fully saturated rings. The van der Waals surface area contributed by atoms with Crippen LogP contribution < -0.4 is 5.11 Å². The van der Waals surface area contributed by atoms with Crippen LogP contribution in [0, 0.1) is 0 Å². The minimum atomic E-state index is -5.17. The second-order valence-electron chi connectivity index (χ2n) is 0.900. The number of carbonyl (C=O) groups is 1. The van der Waals surface area contributed by atoms with E-state index >= 15 is 0 Å². The molecule has 0 amide bonds. The summed E-state index contributed by atoms with van der Waals surface area (Å²) >= 11 is 0. The zero-order chi connectivity index (χ0) is 8.08. The molecule has 0 aromatic carbocycles. The van der Waals surface area contributed by atoms with Gasteiger partial charge in [-0.2, -0.15) is 0 Å². The van der Waals surface area contributed by atoms with E-state index in [2.05, 4.69) is 0 Å². The van der Waals surface area contributed by atoms with Gasteiger partial charge in [-0.25, -0.2) is 0 Å². The summed E-state index contributed by atoms with van der Waals surface area (Å²) in [6.45, 7) is 0.972. The van der Waals surface area contributed by atoms with E-state index < -0.39 is 16.4 Å². The van der Waals surface area contributed by atoms with E-state index in [1.165, 1.54) is 0 Å². The fourth-order valence-corrected chi connectivity index (χ4v) is 0. The van der Waals surface area contributed by atoms with Gasteiger partial charge in [-0.15, -0.1) is 0 Å². The van der Waals surface area contributed by atoms with E-state index in [4.69, 9.17) is 27.4 Å². The molecule has 6 nitrogen and oxygen atoms in total. The Morgan fingerprint density at radius 3 is 1.30 bits per heavy atom. The Labute approximate surface area is 68.3 Å². The molecular weight excluding hydrogens is 208 g/mol. The van der Waals surface area contributed by atoms with Gasteiger partial charge in [0.15, 0.2) is 0 Å². The quantitative estimate of drug-likeness (QED) is 0.246. The molecule has 0 saturated carbocycles. The topological polar surface area (TPSA) is 120 Å². The predicted molar refractivity (Wildman–Crippen MR) is 21.2 cm³/mol. The number of hydrogen-bond donors (Lipinski definition) is 0. The average Bonchev–Trinajstić information content (AvgIpc) is 1.19. The fraction of sp³-hybridized carbons (Fsp3) is 0.500. The molecule has 0 aromatic rings. The second kappa shape index (κ2) is 6.97. The first-order valence-corrected chi connectivity index (χ1v) is 2.91. The summed E-state index contributed by atoms with van der Waals surface area (Å²) < 4.78 is 34.1. The van der Waals surface area contributed by atoms with Crippen LogP contribution in [0.2, 0.25) is 0 Å². The average molecular weight is 211 g/mol. The summed E-state index contributed by atoms with van der Waals surface area (Å²) in [6, 6.07) is 0. The standard InChI is InChI=1S/C2H4O2.Fe.H2O4S/c1-2(3)4;;1-5(2,3)4/h1H3,(H,3,4);;(H2,1,2,3,4)/q;+3;/p-3. The van der Waals surface area contributed by atoms with Gasteiger partial charge in [0, 0.05) is 16.4 Å². The molecule has 0 unspecified atom stereocenters. The van der Waals surface area contributed by atoms with Gasteiger partial charge in [0.1, 0.15) is 0 Å². The smallest absolute Gasteiger partial charge is 0.759 e. The SMILES string of the molecule is CC(=O)[O-].O=S(=O)([O-])[O-].[Fe+3]. The van der Waals surface area contributed by atoms with E-state index in [-0.39, 0.29) is 17.1 Å². The molecule has 0 aliphatic heterocycles. The van der Waals surface area contributed by atoms with Gasteiger partial charge in [0.25, 0.3) is 0 Å². The van der Waals surface area contributed by atoms with Crippen LogP contribution >= 0.6 is 0 Å². The molecule has 1 radical (unpaired) electrons. The maximum Gasteiger partial charge on any atom is 3.00 e. The first kappa shape index (κ1) is 16.4. The normalized spacial score (nSPS) is 8.30. The molecule has 8 heteroatoms. The molecule has 0 atom stereocenters. The second-order valence-corrected chi connectivity index (χ2v) is 1.72. The van der Waals surface area contributed by atoms with E-state index in [1.807, 2.05) is 0 Å². The summed E-state index contributed by atoms with van der Waals surface area (Å²) in [5, 5.41) is 8.89. The van der Waals surface area contributed by atoms with Crippen molar-refractivity contribution in [2.24, 2.45) is 0 Å². The van der Waals surface area contributed by atoms with Crippen molar-refractivity contribution < 1.29 is 44.5 Å². The summed E-state index contributed by atoms with van der Waals surface area (Å²) in [4.78, 5) is 8.89. The Morgan fingerprint density at radius 2 is 1.30 bits per heavy atom. The van der Waals surface area contributed by atoms with Gasteiger partial charge in [-0.3, -0.25) is 8.42 Å². The molecule has 61 valence electrons. The molecule has 10 heavy (non-hydrogen) atoms. The number of carboxylic acids is 1. The van der Waals surface area contributed by atoms with Gasteiger partial charge >= 0.3 is 17.1 Å². The number of rotatable bonds is 0. The third-order valence-electron chi connectivity index (χ3n) is 0. The first-order valence-electron chi connectivity index (χ1n) is 1.57. The molecule has 0 heterocycles. The minimum Gasteiger partial charge on any atom is -0.759 e. The van der Waals surface area contributed by atoms with Crippen molar-refractivity contribution >= 4 is 16.4 Å². The predicted octanol–water partition coefficient (Wildman–Crippen LogP) is -2.58. The maximum atomic E-state index is 8.89. The van der Waals surface area contributed by atoms with Crippen LogP contribution in [0.3, 0.4) is 0 Å². The van der Waals surface area contributed by atoms with Crippen molar-refractivity contribution in [3.8, 4) is 0 Å². The van der Waals surface area contributed by atoms with Crippen LogP contribution in [0.5, 0.6) is 0 Å². The Bertz CT molecular complexity index is 158. The number of carboxylic acid groups (broad SMARTS) is 1. The van der Waals surface area contributed by atoms with Crippen molar-refractivity contribution in [1.29, 1.82) is 0 Å². The number of hydrogen-bond acceptors (Lipinski definition) is 6. The van der Waals surface area contributed by atoms with Crippen molar-refractivity contribution in [2.75, 3.05) is 0 Å². The summed E-state index contributed by atoms with van der Waals surface area (Å²) in [6.07, 6.45) is 0. The van der Waals surface area contributed by atoms with Gasteiger partial charge in [0.05, 0.1) is 0 Å². The van der Waals surface area contributed by atoms with Crippen molar-refractivity contribution in [3.05, 3.63) is 0 Å². The van der Waals surface area contributed by atoms with Gasteiger partial charge in [-0.05, 0) is 6.92 Å². The zero-order valence-corrected chi connectivity index (χ0v) is 6.63. The Morgan fingerprint density at radius 1 is 1.30 bits per heavy atom. The summed E-state index contributed by atoms with van der Waals surface area (Å²) in [7, 11) is -5.17. The third-order valence-corrected chi connectivity index (χ3v) is 0. The fourth-order valence-electron chi connectivity index (χ4n) is 0. The molecule has 0 spiro atoms. The molecular formula is C2H3FeO6S. The summed E-state index contributed by atoms with van der Waals surface area (Å²) in [5.74, 6) is -1.08. The molecule has 0 bridgehead atoms. The molecule has 0 N–H and O–H groups in total. The van der Waals surface area contributed by atoms with Crippen LogP contribution in [0.4, 0.5) is 0 Å². The Kier molecular flexibility index (Phi) is 11.5. The number of aliphatic carboxylic acids is 1. The van der Waals surface area contributed by atoms with Gasteiger partial charge in [0.2, 0.25) is 0 Å². The molecule has 0 rings (SSSR count). The molecule has 0 aromatic heterocycles. The minimum absolute atomic E-state index is 0. The van der Waals surface area contributed by atoms with Crippen LogP contribution in [0.25, 0.3) is 0 Å².